The normalized spacial score (nSPS) is 12.5. The van der Waals surface area contributed by atoms with Crippen LogP contribution in [-0.2, 0) is 0 Å². The summed E-state index contributed by atoms with van der Waals surface area (Å²) in [6.45, 7) is 0. The molecule has 5 nitrogen and oxygen atoms in total. The molecule has 0 unspecified atom stereocenters. The molecular formula is C20H17F6NO4. The average Bonchev–Trinajstić information content (AvgIpc) is 2.68. The van der Waals surface area contributed by atoms with Crippen LogP contribution >= 0.6 is 0 Å². The van der Waals surface area contributed by atoms with E-state index in [2.05, 4.69) is 4.98 Å². The SMILES string of the molecule is COc1cc2cc3c(C(C(F)(F)F)C(F)(F)F)c(OC)c(OC)cc3nc2cc1OC. The van der Waals surface area contributed by atoms with Crippen LogP contribution in [0.4, 0.5) is 26.3 Å². The van der Waals surface area contributed by atoms with Crippen LogP contribution in [0.2, 0.25) is 0 Å². The molecule has 0 aliphatic carbocycles. The second kappa shape index (κ2) is 7.86. The molecule has 0 aliphatic rings. The zero-order valence-corrected chi connectivity index (χ0v) is 16.7. The van der Waals surface area contributed by atoms with Gasteiger partial charge in [0.05, 0.1) is 39.5 Å². The minimum absolute atomic E-state index is 0.133. The Bertz CT molecular complexity index is 1110. The first kappa shape index (κ1) is 22.6. The molecule has 0 amide bonds. The van der Waals surface area contributed by atoms with Crippen LogP contribution in [0.5, 0.6) is 23.0 Å². The van der Waals surface area contributed by atoms with Crippen molar-refractivity contribution in [3.05, 3.63) is 29.8 Å². The Labute approximate surface area is 172 Å². The average molecular weight is 449 g/mol. The first-order chi connectivity index (χ1) is 14.5. The van der Waals surface area contributed by atoms with Crippen LogP contribution in [0.15, 0.2) is 24.3 Å². The zero-order valence-electron chi connectivity index (χ0n) is 16.7. The van der Waals surface area contributed by atoms with Gasteiger partial charge in [0.2, 0.25) is 0 Å². The Morgan fingerprint density at radius 3 is 1.68 bits per heavy atom. The third-order valence-corrected chi connectivity index (χ3v) is 4.74. The summed E-state index contributed by atoms with van der Waals surface area (Å²) in [6, 6.07) is 5.28. The molecule has 0 bridgehead atoms. The Hall–Kier alpha value is -3.11. The smallest absolute Gasteiger partial charge is 0.404 e. The summed E-state index contributed by atoms with van der Waals surface area (Å²) in [4.78, 5) is 4.25. The highest BCUT2D eigenvalue weighted by Gasteiger charge is 2.59. The van der Waals surface area contributed by atoms with Crippen LogP contribution in [0.25, 0.3) is 21.8 Å². The molecule has 0 saturated heterocycles. The molecule has 2 aromatic carbocycles. The molecule has 0 atom stereocenters. The number of nitrogens with zero attached hydrogens (tertiary/aromatic N) is 1. The fourth-order valence-corrected chi connectivity index (χ4v) is 3.45. The van der Waals surface area contributed by atoms with Gasteiger partial charge in [0, 0.05) is 28.5 Å². The molecule has 0 aliphatic heterocycles. The van der Waals surface area contributed by atoms with Gasteiger partial charge in [0.15, 0.2) is 28.9 Å². The Morgan fingerprint density at radius 2 is 1.19 bits per heavy atom. The molecule has 0 radical (unpaired) electrons. The van der Waals surface area contributed by atoms with E-state index >= 15 is 0 Å². The predicted molar refractivity (Wildman–Crippen MR) is 100 cm³/mol. The highest BCUT2D eigenvalue weighted by molar-refractivity contribution is 5.98. The number of hydrogen-bond acceptors (Lipinski definition) is 5. The van der Waals surface area contributed by atoms with Gasteiger partial charge in [0.1, 0.15) is 0 Å². The topological polar surface area (TPSA) is 49.8 Å². The van der Waals surface area contributed by atoms with Gasteiger partial charge in [-0.05, 0) is 12.1 Å². The lowest BCUT2D eigenvalue weighted by Crippen LogP contribution is -2.34. The minimum Gasteiger partial charge on any atom is -0.493 e. The highest BCUT2D eigenvalue weighted by Crippen LogP contribution is 2.53. The van der Waals surface area contributed by atoms with Crippen molar-refractivity contribution < 1.29 is 45.3 Å². The van der Waals surface area contributed by atoms with Gasteiger partial charge < -0.3 is 18.9 Å². The van der Waals surface area contributed by atoms with E-state index in [1.165, 1.54) is 38.5 Å². The van der Waals surface area contributed by atoms with Crippen LogP contribution < -0.4 is 18.9 Å². The maximum atomic E-state index is 13.6. The first-order valence-electron chi connectivity index (χ1n) is 8.71. The number of fused-ring (bicyclic) bond motifs is 2. The summed E-state index contributed by atoms with van der Waals surface area (Å²) in [5, 5.41) is -0.126. The van der Waals surface area contributed by atoms with E-state index < -0.39 is 29.6 Å². The molecule has 3 aromatic rings. The largest absolute Gasteiger partial charge is 0.493 e. The second-order valence-electron chi connectivity index (χ2n) is 6.50. The van der Waals surface area contributed by atoms with E-state index in [0.717, 1.165) is 14.2 Å². The summed E-state index contributed by atoms with van der Waals surface area (Å²) < 4.78 is 102. The van der Waals surface area contributed by atoms with Gasteiger partial charge in [-0.2, -0.15) is 26.3 Å². The maximum absolute atomic E-state index is 13.6. The number of hydrogen-bond donors (Lipinski definition) is 0. The van der Waals surface area contributed by atoms with Crippen molar-refractivity contribution in [2.24, 2.45) is 0 Å². The monoisotopic (exact) mass is 449 g/mol. The van der Waals surface area contributed by atoms with Gasteiger partial charge in [-0.1, -0.05) is 0 Å². The van der Waals surface area contributed by atoms with E-state index in [9.17, 15) is 26.3 Å². The lowest BCUT2D eigenvalue weighted by Gasteiger charge is -2.27. The second-order valence-corrected chi connectivity index (χ2v) is 6.50. The molecule has 1 aromatic heterocycles. The van der Waals surface area contributed by atoms with Crippen molar-refractivity contribution in [3.63, 3.8) is 0 Å². The fraction of sp³-hybridized carbons (Fsp3) is 0.350. The molecule has 168 valence electrons. The molecule has 0 fully saturated rings. The predicted octanol–water partition coefficient (Wildman–Crippen LogP) is 5.63. The van der Waals surface area contributed by atoms with E-state index in [0.29, 0.717) is 5.75 Å². The molecule has 1 heterocycles. The highest BCUT2D eigenvalue weighted by atomic mass is 19.4. The number of aromatic nitrogens is 1. The number of ether oxygens (including phenoxy) is 4. The standard InChI is InChI=1S/C20H17F6NO4/c1-28-13-6-9-5-10-12(27-11(9)7-14(13)29-2)8-15(30-3)17(31-4)16(10)18(19(21,22)23)20(24,25)26/h5-8,18H,1-4H3. The summed E-state index contributed by atoms with van der Waals surface area (Å²) in [5.41, 5.74) is -0.981. The summed E-state index contributed by atoms with van der Waals surface area (Å²) in [6.07, 6.45) is -11.3. The van der Waals surface area contributed by atoms with Crippen molar-refractivity contribution in [2.75, 3.05) is 28.4 Å². The van der Waals surface area contributed by atoms with Gasteiger partial charge in [-0.3, -0.25) is 0 Å². The number of halogens is 6. The number of methoxy groups -OCH3 is 4. The number of benzene rings is 2. The third kappa shape index (κ3) is 3.96. The third-order valence-electron chi connectivity index (χ3n) is 4.74. The molecular weight excluding hydrogens is 432 g/mol. The maximum Gasteiger partial charge on any atom is 0.404 e. The summed E-state index contributed by atoms with van der Waals surface area (Å²) in [7, 11) is 4.81. The van der Waals surface area contributed by atoms with Gasteiger partial charge in [-0.15, -0.1) is 0 Å². The van der Waals surface area contributed by atoms with E-state index in [1.54, 1.807) is 0 Å². The number of pyridine rings is 1. The lowest BCUT2D eigenvalue weighted by molar-refractivity contribution is -0.253. The summed E-state index contributed by atoms with van der Waals surface area (Å²) in [5.74, 6) is -4.26. The van der Waals surface area contributed by atoms with Gasteiger partial charge >= 0.3 is 12.4 Å². The molecule has 0 spiro atoms. The van der Waals surface area contributed by atoms with Crippen LogP contribution in [0, 0.1) is 0 Å². The Kier molecular flexibility index (Phi) is 5.72. The Morgan fingerprint density at radius 1 is 0.677 bits per heavy atom. The minimum atomic E-state index is -5.64. The first-order valence-corrected chi connectivity index (χ1v) is 8.71. The van der Waals surface area contributed by atoms with Gasteiger partial charge in [0.25, 0.3) is 0 Å². The quantitative estimate of drug-likeness (QED) is 0.373. The van der Waals surface area contributed by atoms with Crippen molar-refractivity contribution in [3.8, 4) is 23.0 Å². The van der Waals surface area contributed by atoms with Crippen molar-refractivity contribution in [2.45, 2.75) is 18.3 Å². The molecule has 0 N–H and O–H groups in total. The van der Waals surface area contributed by atoms with Crippen molar-refractivity contribution in [1.82, 2.24) is 4.98 Å². The van der Waals surface area contributed by atoms with Crippen molar-refractivity contribution >= 4 is 21.8 Å². The van der Waals surface area contributed by atoms with Crippen LogP contribution in [0.1, 0.15) is 11.5 Å². The fourth-order valence-electron chi connectivity index (χ4n) is 3.45. The molecule has 11 heteroatoms. The van der Waals surface area contributed by atoms with Crippen molar-refractivity contribution in [1.29, 1.82) is 0 Å². The van der Waals surface area contributed by atoms with E-state index in [4.69, 9.17) is 18.9 Å². The lowest BCUT2D eigenvalue weighted by atomic mass is 9.91. The van der Waals surface area contributed by atoms with E-state index in [1.807, 2.05) is 0 Å². The van der Waals surface area contributed by atoms with Gasteiger partial charge in [-0.25, -0.2) is 4.98 Å². The summed E-state index contributed by atoms with van der Waals surface area (Å²) >= 11 is 0. The number of alkyl halides is 6. The molecule has 0 saturated carbocycles. The zero-order chi connectivity index (χ0) is 23.1. The Balaban J connectivity index is 2.51. The molecule has 3 rings (SSSR count). The number of rotatable bonds is 5. The van der Waals surface area contributed by atoms with Crippen LogP contribution in [0.3, 0.4) is 0 Å². The van der Waals surface area contributed by atoms with Crippen LogP contribution in [-0.4, -0.2) is 45.8 Å². The molecule has 31 heavy (non-hydrogen) atoms. The van der Waals surface area contributed by atoms with E-state index in [-0.39, 0.29) is 33.3 Å².